The van der Waals surface area contributed by atoms with Crippen molar-refractivity contribution in [3.8, 4) is 0 Å². The van der Waals surface area contributed by atoms with Crippen molar-refractivity contribution in [1.29, 1.82) is 0 Å². The highest BCUT2D eigenvalue weighted by atomic mass is 16.3. The van der Waals surface area contributed by atoms with Gasteiger partial charge in [-0.1, -0.05) is 38.1 Å². The Morgan fingerprint density at radius 3 is 2.43 bits per heavy atom. The van der Waals surface area contributed by atoms with E-state index in [1.165, 1.54) is 0 Å². The van der Waals surface area contributed by atoms with Crippen LogP contribution in [0.1, 0.15) is 35.3 Å². The lowest BCUT2D eigenvalue weighted by molar-refractivity contribution is -0.642. The average Bonchev–Trinajstić information content (AvgIpc) is 3.05. The number of nitrogen functional groups attached to an aromatic ring is 1. The van der Waals surface area contributed by atoms with E-state index in [1.54, 1.807) is 18.2 Å². The third-order valence-corrected chi connectivity index (χ3v) is 5.72. The molecule has 30 heavy (non-hydrogen) atoms. The number of nitrogens with zero attached hydrogens (tertiary/aromatic N) is 3. The summed E-state index contributed by atoms with van der Waals surface area (Å²) in [6.07, 6.45) is 0. The van der Waals surface area contributed by atoms with Gasteiger partial charge in [-0.15, -0.1) is 0 Å². The summed E-state index contributed by atoms with van der Waals surface area (Å²) in [5, 5.41) is 18.9. The molecule has 3 rings (SSSR count). The van der Waals surface area contributed by atoms with Crippen LogP contribution in [0.4, 0.5) is 5.95 Å². The number of benzene rings is 2. The lowest BCUT2D eigenvalue weighted by Crippen LogP contribution is -2.40. The fourth-order valence-corrected chi connectivity index (χ4v) is 3.83. The van der Waals surface area contributed by atoms with Crippen molar-refractivity contribution in [2.24, 2.45) is 0 Å². The summed E-state index contributed by atoms with van der Waals surface area (Å²) in [5.74, 6) is 0.448. The van der Waals surface area contributed by atoms with Gasteiger partial charge >= 0.3 is 5.95 Å². The maximum atomic E-state index is 13.0. The molecule has 160 valence electrons. The number of Topliss-reactive ketones (excluding diaryl/α,β-unsaturated/α-hetero) is 1. The maximum Gasteiger partial charge on any atom is 0.356 e. The van der Waals surface area contributed by atoms with E-state index in [4.69, 9.17) is 5.73 Å². The van der Waals surface area contributed by atoms with Crippen molar-refractivity contribution in [2.75, 3.05) is 25.4 Å². The first-order chi connectivity index (χ1) is 14.5. The number of hydrogen-bond acceptors (Lipinski definition) is 5. The molecule has 0 atom stereocenters. The third-order valence-electron chi connectivity index (χ3n) is 5.72. The summed E-state index contributed by atoms with van der Waals surface area (Å²) in [4.78, 5) is 15.3. The second kappa shape index (κ2) is 9.84. The van der Waals surface area contributed by atoms with E-state index < -0.39 is 0 Å². The quantitative estimate of drug-likeness (QED) is 0.349. The highest BCUT2D eigenvalue weighted by molar-refractivity contribution is 5.95. The van der Waals surface area contributed by atoms with Gasteiger partial charge in [0.25, 0.3) is 0 Å². The van der Waals surface area contributed by atoms with E-state index >= 15 is 0 Å². The number of nitrogens with two attached hydrogens (primary N) is 1. The molecule has 0 amide bonds. The molecular formula is C23H31N4O3+. The molecule has 0 aliphatic heterocycles. The van der Waals surface area contributed by atoms with Crippen LogP contribution in [0.2, 0.25) is 0 Å². The van der Waals surface area contributed by atoms with Crippen LogP contribution in [0.25, 0.3) is 11.0 Å². The first kappa shape index (κ1) is 22.0. The van der Waals surface area contributed by atoms with Gasteiger partial charge in [-0.3, -0.25) is 10.5 Å². The molecule has 1 heterocycles. The maximum absolute atomic E-state index is 13.0. The minimum Gasteiger partial charge on any atom is -0.392 e. The third kappa shape index (κ3) is 4.38. The van der Waals surface area contributed by atoms with Crippen LogP contribution in [0.5, 0.6) is 0 Å². The van der Waals surface area contributed by atoms with E-state index in [-0.39, 0.29) is 25.5 Å². The summed E-state index contributed by atoms with van der Waals surface area (Å²) in [6, 6.07) is 12.9. The predicted octanol–water partition coefficient (Wildman–Crippen LogP) is 1.72. The monoisotopic (exact) mass is 411 g/mol. The Balaban J connectivity index is 1.92. The number of aliphatic hydroxyl groups is 2. The Morgan fingerprint density at radius 1 is 1.07 bits per heavy atom. The summed E-state index contributed by atoms with van der Waals surface area (Å²) < 4.78 is 3.91. The van der Waals surface area contributed by atoms with Crippen molar-refractivity contribution >= 4 is 22.8 Å². The first-order valence-electron chi connectivity index (χ1n) is 10.4. The van der Waals surface area contributed by atoms with Crippen molar-refractivity contribution in [2.45, 2.75) is 40.2 Å². The number of imidazole rings is 1. The van der Waals surface area contributed by atoms with Crippen molar-refractivity contribution in [3.63, 3.8) is 0 Å². The van der Waals surface area contributed by atoms with Crippen LogP contribution in [0.15, 0.2) is 42.5 Å². The Labute approximate surface area is 177 Å². The second-order valence-corrected chi connectivity index (χ2v) is 7.33. The number of rotatable bonds is 10. The normalized spacial score (nSPS) is 11.5. The SMILES string of the molecule is CCN(CC)CCn1c(N)[n+](CC(=O)c2ccc(CO)c(CO)c2)c2ccccc21. The fourth-order valence-electron chi connectivity index (χ4n) is 3.83. The molecule has 7 heteroatoms. The van der Waals surface area contributed by atoms with Crippen LogP contribution in [0, 0.1) is 0 Å². The van der Waals surface area contributed by atoms with Crippen LogP contribution < -0.4 is 10.3 Å². The predicted molar refractivity (Wildman–Crippen MR) is 117 cm³/mol. The van der Waals surface area contributed by atoms with Crippen molar-refractivity contribution in [3.05, 3.63) is 59.2 Å². The molecule has 0 spiro atoms. The molecule has 0 fully saturated rings. The molecule has 0 radical (unpaired) electrons. The topological polar surface area (TPSA) is 95.6 Å². The smallest absolute Gasteiger partial charge is 0.356 e. The number of aromatic nitrogens is 2. The van der Waals surface area contributed by atoms with Gasteiger partial charge < -0.3 is 15.1 Å². The Bertz CT molecular complexity index is 1020. The van der Waals surface area contributed by atoms with E-state index in [9.17, 15) is 15.0 Å². The molecule has 0 bridgehead atoms. The molecule has 4 N–H and O–H groups in total. The fraction of sp³-hybridized carbons (Fsp3) is 0.391. The number of para-hydroxylation sites is 2. The Morgan fingerprint density at radius 2 is 1.77 bits per heavy atom. The van der Waals surface area contributed by atoms with Gasteiger partial charge in [0.05, 0.1) is 19.8 Å². The number of aliphatic hydroxyl groups excluding tert-OH is 2. The van der Waals surface area contributed by atoms with Gasteiger partial charge in [0, 0.05) is 12.1 Å². The van der Waals surface area contributed by atoms with E-state index in [2.05, 4.69) is 23.3 Å². The second-order valence-electron chi connectivity index (χ2n) is 7.33. The largest absolute Gasteiger partial charge is 0.392 e. The van der Waals surface area contributed by atoms with Crippen molar-refractivity contribution in [1.82, 2.24) is 9.47 Å². The highest BCUT2D eigenvalue weighted by Crippen LogP contribution is 2.18. The summed E-state index contributed by atoms with van der Waals surface area (Å²) in [6.45, 7) is 7.57. The van der Waals surface area contributed by atoms with Crippen LogP contribution in [0.3, 0.4) is 0 Å². The standard InChI is InChI=1S/C23H30N4O3/c1-3-25(4-2)11-12-26-20-7-5-6-8-21(20)27(23(26)24)14-22(30)17-9-10-18(15-28)19(13-17)16-29/h5-10,13,24,28-29H,3-4,11-12,14-16H2,1-2H3/p+1. The van der Waals surface area contributed by atoms with E-state index in [0.717, 1.165) is 37.2 Å². The molecular weight excluding hydrogens is 380 g/mol. The molecule has 1 aromatic heterocycles. The molecule has 0 aliphatic carbocycles. The molecule has 0 aliphatic rings. The van der Waals surface area contributed by atoms with Gasteiger partial charge in [-0.2, -0.15) is 0 Å². The summed E-state index contributed by atoms with van der Waals surface area (Å²) in [7, 11) is 0. The first-order valence-corrected chi connectivity index (χ1v) is 10.4. The van der Waals surface area contributed by atoms with Crippen LogP contribution in [-0.2, 0) is 26.3 Å². The molecule has 0 unspecified atom stereocenters. The number of ketones is 1. The molecule has 7 nitrogen and oxygen atoms in total. The highest BCUT2D eigenvalue weighted by Gasteiger charge is 2.23. The van der Waals surface area contributed by atoms with E-state index in [0.29, 0.717) is 22.6 Å². The van der Waals surface area contributed by atoms with Gasteiger partial charge in [-0.25, -0.2) is 9.13 Å². The van der Waals surface area contributed by atoms with Gasteiger partial charge in [0.15, 0.2) is 5.78 Å². The number of carbonyl (C=O) groups is 1. The van der Waals surface area contributed by atoms with E-state index in [1.807, 2.05) is 28.8 Å². The number of anilines is 1. The van der Waals surface area contributed by atoms with Crippen LogP contribution in [-0.4, -0.2) is 45.1 Å². The zero-order valence-corrected chi connectivity index (χ0v) is 17.7. The Kier molecular flexibility index (Phi) is 7.20. The van der Waals surface area contributed by atoms with Crippen molar-refractivity contribution < 1.29 is 19.6 Å². The van der Waals surface area contributed by atoms with Crippen LogP contribution >= 0.6 is 0 Å². The molecule has 0 saturated carbocycles. The van der Waals surface area contributed by atoms with Gasteiger partial charge in [0.1, 0.15) is 17.6 Å². The number of hydrogen-bond donors (Lipinski definition) is 3. The summed E-state index contributed by atoms with van der Waals surface area (Å²) >= 11 is 0. The Hall–Kier alpha value is -2.74. The molecule has 3 aromatic rings. The number of fused-ring (bicyclic) bond motifs is 1. The molecule has 2 aromatic carbocycles. The summed E-state index contributed by atoms with van der Waals surface area (Å²) in [5.41, 5.74) is 10.1. The minimum absolute atomic E-state index is 0.0995. The number of carbonyl (C=O) groups excluding carboxylic acids is 1. The average molecular weight is 412 g/mol. The minimum atomic E-state index is -0.225. The zero-order chi connectivity index (χ0) is 21.7. The number of likely N-dealkylation sites (N-methyl/N-ethyl adjacent to an activating group) is 1. The molecule has 0 saturated heterocycles. The lowest BCUT2D eigenvalue weighted by atomic mass is 10.0. The van der Waals surface area contributed by atoms with Gasteiger partial charge in [0.2, 0.25) is 0 Å². The zero-order valence-electron chi connectivity index (χ0n) is 17.7. The lowest BCUT2D eigenvalue weighted by Gasteiger charge is -2.17. The van der Waals surface area contributed by atoms with Gasteiger partial charge in [-0.05, 0) is 42.4 Å².